The predicted octanol–water partition coefficient (Wildman–Crippen LogP) is 6.17. The van der Waals surface area contributed by atoms with E-state index in [4.69, 9.17) is 5.11 Å². The Kier molecular flexibility index (Phi) is 7.67. The van der Waals surface area contributed by atoms with E-state index in [1.54, 1.807) is 0 Å². The normalized spacial score (nSPS) is 27.4. The minimum Gasteiger partial charge on any atom is -0.481 e. The Morgan fingerprint density at radius 3 is 2.65 bits per heavy atom. The molecule has 2 aliphatic rings. The largest absolute Gasteiger partial charge is 0.481 e. The number of rotatable bonds is 11. The lowest BCUT2D eigenvalue weighted by atomic mass is 9.76. The van der Waals surface area contributed by atoms with E-state index in [0.717, 1.165) is 42.3 Å². The summed E-state index contributed by atoms with van der Waals surface area (Å²) in [6, 6.07) is 10.8. The molecule has 0 amide bonds. The van der Waals surface area contributed by atoms with Crippen molar-refractivity contribution >= 4 is 17.7 Å². The fourth-order valence-corrected chi connectivity index (χ4v) is 6.08. The van der Waals surface area contributed by atoms with Crippen LogP contribution in [-0.2, 0) is 10.5 Å². The average molecular weight is 373 g/mol. The number of carboxylic acid groups (broad SMARTS) is 1. The Balaban J connectivity index is 1.39. The molecule has 0 spiro atoms. The number of benzene rings is 1. The van der Waals surface area contributed by atoms with Gasteiger partial charge in [-0.15, -0.1) is 0 Å². The summed E-state index contributed by atoms with van der Waals surface area (Å²) in [6.45, 7) is 0. The molecule has 0 saturated heterocycles. The van der Waals surface area contributed by atoms with Crippen LogP contribution in [0, 0.1) is 23.7 Å². The second kappa shape index (κ2) is 10.2. The lowest BCUT2D eigenvalue weighted by Crippen LogP contribution is -2.22. The lowest BCUT2D eigenvalue weighted by molar-refractivity contribution is -0.137. The number of allylic oxidation sites excluding steroid dienone is 2. The van der Waals surface area contributed by atoms with Crippen molar-refractivity contribution in [2.75, 3.05) is 5.75 Å². The number of fused-ring (bicyclic) bond motifs is 2. The molecule has 142 valence electrons. The third-order valence-electron chi connectivity index (χ3n) is 6.32. The molecule has 0 heterocycles. The molecule has 3 rings (SSSR count). The minimum atomic E-state index is -0.681. The van der Waals surface area contributed by atoms with Crippen LogP contribution in [0.25, 0.3) is 0 Å². The van der Waals surface area contributed by atoms with Gasteiger partial charge in [-0.1, -0.05) is 42.5 Å². The minimum absolute atomic E-state index is 0.291. The molecule has 0 aliphatic heterocycles. The molecule has 1 aromatic rings. The first-order valence-electron chi connectivity index (χ1n) is 10.2. The van der Waals surface area contributed by atoms with Crippen LogP contribution in [0.2, 0.25) is 0 Å². The second-order valence-electron chi connectivity index (χ2n) is 7.98. The highest BCUT2D eigenvalue weighted by Crippen LogP contribution is 2.55. The van der Waals surface area contributed by atoms with Gasteiger partial charge in [0.2, 0.25) is 0 Å². The summed E-state index contributed by atoms with van der Waals surface area (Å²) in [7, 11) is 0. The SMILES string of the molecule is O=C(O)CCC/C=C\C[C@H]1[C@H]2CC[C@H](C2)[C@H]1CCSCc1ccccc1. The van der Waals surface area contributed by atoms with E-state index in [1.165, 1.54) is 43.4 Å². The van der Waals surface area contributed by atoms with Gasteiger partial charge in [-0.05, 0) is 79.9 Å². The standard InChI is InChI=1S/C23H32O2S/c24-23(25)11-7-2-1-6-10-21-19-12-13-20(16-19)22(21)14-15-26-17-18-8-4-3-5-9-18/h1,3-6,8-9,19-22H,2,7,10-17H2,(H,24,25)/b6-1-/t19-,20+,21-,22+/m0/s1. The number of aliphatic carboxylic acids is 1. The highest BCUT2D eigenvalue weighted by Gasteiger charge is 2.46. The van der Waals surface area contributed by atoms with Crippen LogP contribution in [0.1, 0.15) is 56.9 Å². The Bertz CT molecular complexity index is 583. The number of hydrogen-bond donors (Lipinski definition) is 1. The summed E-state index contributed by atoms with van der Waals surface area (Å²) in [5.41, 5.74) is 1.44. The Labute approximate surface area is 162 Å². The molecular weight excluding hydrogens is 340 g/mol. The molecular formula is C23H32O2S. The first-order chi connectivity index (χ1) is 12.7. The van der Waals surface area contributed by atoms with Crippen molar-refractivity contribution in [3.8, 4) is 0 Å². The molecule has 1 N–H and O–H groups in total. The molecule has 2 bridgehead atoms. The average Bonchev–Trinajstić information content (AvgIpc) is 3.24. The van der Waals surface area contributed by atoms with Crippen molar-refractivity contribution in [3.63, 3.8) is 0 Å². The van der Waals surface area contributed by atoms with E-state index >= 15 is 0 Å². The molecule has 3 heteroatoms. The van der Waals surface area contributed by atoms with Crippen LogP contribution in [0.5, 0.6) is 0 Å². The fraction of sp³-hybridized carbons (Fsp3) is 0.609. The summed E-state index contributed by atoms with van der Waals surface area (Å²) < 4.78 is 0. The zero-order chi connectivity index (χ0) is 18.2. The molecule has 1 aromatic carbocycles. The van der Waals surface area contributed by atoms with Gasteiger partial charge in [0, 0.05) is 12.2 Å². The summed E-state index contributed by atoms with van der Waals surface area (Å²) in [5.74, 6) is 5.45. The molecule has 0 aromatic heterocycles. The van der Waals surface area contributed by atoms with Crippen molar-refractivity contribution in [3.05, 3.63) is 48.0 Å². The first-order valence-corrected chi connectivity index (χ1v) is 11.4. The zero-order valence-electron chi connectivity index (χ0n) is 15.7. The van der Waals surface area contributed by atoms with Crippen LogP contribution in [0.4, 0.5) is 0 Å². The summed E-state index contributed by atoms with van der Waals surface area (Å²) in [4.78, 5) is 10.6. The molecule has 2 saturated carbocycles. The highest BCUT2D eigenvalue weighted by atomic mass is 32.2. The summed E-state index contributed by atoms with van der Waals surface area (Å²) in [6.07, 6.45) is 13.5. The summed E-state index contributed by atoms with van der Waals surface area (Å²) >= 11 is 2.09. The lowest BCUT2D eigenvalue weighted by Gasteiger charge is -2.30. The smallest absolute Gasteiger partial charge is 0.303 e. The number of unbranched alkanes of at least 4 members (excludes halogenated alkanes) is 1. The van der Waals surface area contributed by atoms with Crippen LogP contribution in [-0.4, -0.2) is 16.8 Å². The van der Waals surface area contributed by atoms with Crippen molar-refractivity contribution in [2.24, 2.45) is 23.7 Å². The third kappa shape index (κ3) is 5.64. The molecule has 2 fully saturated rings. The predicted molar refractivity (Wildman–Crippen MR) is 110 cm³/mol. The van der Waals surface area contributed by atoms with Crippen molar-refractivity contribution in [1.82, 2.24) is 0 Å². The maximum atomic E-state index is 10.6. The van der Waals surface area contributed by atoms with Crippen molar-refractivity contribution < 1.29 is 9.90 Å². The third-order valence-corrected chi connectivity index (χ3v) is 7.38. The van der Waals surface area contributed by atoms with E-state index in [-0.39, 0.29) is 0 Å². The van der Waals surface area contributed by atoms with Gasteiger partial charge in [-0.3, -0.25) is 4.79 Å². The van der Waals surface area contributed by atoms with Gasteiger partial charge in [0.1, 0.15) is 0 Å². The molecule has 0 unspecified atom stereocenters. The second-order valence-corrected chi connectivity index (χ2v) is 9.09. The van der Waals surface area contributed by atoms with Gasteiger partial charge in [0.25, 0.3) is 0 Å². The molecule has 26 heavy (non-hydrogen) atoms. The van der Waals surface area contributed by atoms with E-state index in [2.05, 4.69) is 54.2 Å². The number of carboxylic acids is 1. The van der Waals surface area contributed by atoms with Crippen LogP contribution in [0.15, 0.2) is 42.5 Å². The van der Waals surface area contributed by atoms with Crippen LogP contribution < -0.4 is 0 Å². The Morgan fingerprint density at radius 1 is 1.12 bits per heavy atom. The van der Waals surface area contributed by atoms with E-state index in [0.29, 0.717) is 6.42 Å². The molecule has 0 radical (unpaired) electrons. The monoisotopic (exact) mass is 372 g/mol. The van der Waals surface area contributed by atoms with Crippen LogP contribution >= 0.6 is 11.8 Å². The maximum absolute atomic E-state index is 10.6. The van der Waals surface area contributed by atoms with Crippen LogP contribution in [0.3, 0.4) is 0 Å². The van der Waals surface area contributed by atoms with Crippen molar-refractivity contribution in [2.45, 2.75) is 57.1 Å². The van der Waals surface area contributed by atoms with Gasteiger partial charge in [-0.2, -0.15) is 11.8 Å². The first kappa shape index (κ1) is 19.5. The van der Waals surface area contributed by atoms with E-state index in [1.807, 2.05) is 0 Å². The highest BCUT2D eigenvalue weighted by molar-refractivity contribution is 7.98. The number of thioether (sulfide) groups is 1. The number of carbonyl (C=O) groups is 1. The van der Waals surface area contributed by atoms with Gasteiger partial charge in [-0.25, -0.2) is 0 Å². The Hall–Kier alpha value is -1.22. The topological polar surface area (TPSA) is 37.3 Å². The van der Waals surface area contributed by atoms with Gasteiger partial charge < -0.3 is 5.11 Å². The van der Waals surface area contributed by atoms with Gasteiger partial charge >= 0.3 is 5.97 Å². The van der Waals surface area contributed by atoms with E-state index < -0.39 is 5.97 Å². The molecule has 2 aliphatic carbocycles. The van der Waals surface area contributed by atoms with Crippen molar-refractivity contribution in [1.29, 1.82) is 0 Å². The maximum Gasteiger partial charge on any atom is 0.303 e. The van der Waals surface area contributed by atoms with E-state index in [9.17, 15) is 4.79 Å². The summed E-state index contributed by atoms with van der Waals surface area (Å²) in [5, 5.41) is 8.70. The fourth-order valence-electron chi connectivity index (χ4n) is 5.07. The number of hydrogen-bond acceptors (Lipinski definition) is 2. The van der Waals surface area contributed by atoms with Gasteiger partial charge in [0.15, 0.2) is 0 Å². The molecule has 4 atom stereocenters. The Morgan fingerprint density at radius 2 is 1.88 bits per heavy atom. The quantitative estimate of drug-likeness (QED) is 0.372. The van der Waals surface area contributed by atoms with Gasteiger partial charge in [0.05, 0.1) is 0 Å². The zero-order valence-corrected chi connectivity index (χ0v) is 16.5. The molecule has 2 nitrogen and oxygen atoms in total.